The van der Waals surface area contributed by atoms with Gasteiger partial charge in [-0.05, 0) is 48.8 Å². The fraction of sp³-hybridized carbons (Fsp3) is 0.588. The highest BCUT2D eigenvalue weighted by Crippen LogP contribution is 2.27. The van der Waals surface area contributed by atoms with Crippen LogP contribution in [0.25, 0.3) is 0 Å². The average molecular weight is 274 g/mol. The highest BCUT2D eigenvalue weighted by molar-refractivity contribution is 5.80. The summed E-state index contributed by atoms with van der Waals surface area (Å²) in [4.78, 5) is 12.3. The molecule has 1 aliphatic rings. The van der Waals surface area contributed by atoms with Crippen molar-refractivity contribution in [2.75, 3.05) is 13.1 Å². The van der Waals surface area contributed by atoms with Gasteiger partial charge in [0.15, 0.2) is 0 Å². The molecule has 0 unspecified atom stereocenters. The standard InChI is InChI=1S/C17H26N2O/c1-17(2,8-5-9-18)12-19-16(20)15-10-13-6-3-4-7-14(13)11-15/h3-4,6-7,15H,5,8-12,18H2,1-2H3,(H,19,20). The lowest BCUT2D eigenvalue weighted by atomic mass is 9.87. The highest BCUT2D eigenvalue weighted by atomic mass is 16.1. The van der Waals surface area contributed by atoms with E-state index in [1.807, 2.05) is 0 Å². The Balaban J connectivity index is 1.82. The molecule has 1 aliphatic carbocycles. The summed E-state index contributed by atoms with van der Waals surface area (Å²) in [6, 6.07) is 8.37. The van der Waals surface area contributed by atoms with Crippen molar-refractivity contribution in [3.05, 3.63) is 35.4 Å². The van der Waals surface area contributed by atoms with Gasteiger partial charge >= 0.3 is 0 Å². The minimum atomic E-state index is 0.109. The van der Waals surface area contributed by atoms with E-state index in [2.05, 4.69) is 43.4 Å². The van der Waals surface area contributed by atoms with E-state index in [1.54, 1.807) is 0 Å². The van der Waals surface area contributed by atoms with Gasteiger partial charge in [0.2, 0.25) is 5.91 Å². The zero-order valence-electron chi connectivity index (χ0n) is 12.6. The van der Waals surface area contributed by atoms with Crippen molar-refractivity contribution in [2.24, 2.45) is 17.1 Å². The Labute approximate surface area is 121 Å². The average Bonchev–Trinajstić information content (AvgIpc) is 2.86. The number of nitrogens with two attached hydrogens (primary N) is 1. The summed E-state index contributed by atoms with van der Waals surface area (Å²) < 4.78 is 0. The highest BCUT2D eigenvalue weighted by Gasteiger charge is 2.28. The number of hydrogen-bond acceptors (Lipinski definition) is 2. The summed E-state index contributed by atoms with van der Waals surface area (Å²) in [5.41, 5.74) is 8.34. The first-order chi connectivity index (χ1) is 9.52. The van der Waals surface area contributed by atoms with Gasteiger partial charge in [0.25, 0.3) is 0 Å². The Hall–Kier alpha value is -1.35. The number of carbonyl (C=O) groups excluding carboxylic acids is 1. The van der Waals surface area contributed by atoms with Crippen LogP contribution < -0.4 is 11.1 Å². The van der Waals surface area contributed by atoms with E-state index in [4.69, 9.17) is 5.73 Å². The Morgan fingerprint density at radius 3 is 2.45 bits per heavy atom. The van der Waals surface area contributed by atoms with Gasteiger partial charge in [0.05, 0.1) is 0 Å². The lowest BCUT2D eigenvalue weighted by molar-refractivity contribution is -0.125. The monoisotopic (exact) mass is 274 g/mol. The van der Waals surface area contributed by atoms with Gasteiger partial charge in [-0.3, -0.25) is 4.79 Å². The molecule has 1 aromatic rings. The van der Waals surface area contributed by atoms with Crippen molar-refractivity contribution in [2.45, 2.75) is 39.5 Å². The molecule has 1 amide bonds. The van der Waals surface area contributed by atoms with E-state index in [0.29, 0.717) is 0 Å². The van der Waals surface area contributed by atoms with Crippen molar-refractivity contribution >= 4 is 5.91 Å². The number of fused-ring (bicyclic) bond motifs is 1. The second-order valence-corrected chi connectivity index (χ2v) is 6.65. The van der Waals surface area contributed by atoms with Crippen LogP contribution in [-0.2, 0) is 17.6 Å². The smallest absolute Gasteiger partial charge is 0.223 e. The summed E-state index contributed by atoms with van der Waals surface area (Å²) in [5, 5.41) is 3.13. The summed E-state index contributed by atoms with van der Waals surface area (Å²) in [7, 11) is 0. The van der Waals surface area contributed by atoms with E-state index in [0.717, 1.165) is 38.8 Å². The van der Waals surface area contributed by atoms with Crippen LogP contribution in [0.4, 0.5) is 0 Å². The Morgan fingerprint density at radius 1 is 1.30 bits per heavy atom. The lowest BCUT2D eigenvalue weighted by Gasteiger charge is -2.25. The maximum absolute atomic E-state index is 12.3. The zero-order chi connectivity index (χ0) is 14.6. The fourth-order valence-electron chi connectivity index (χ4n) is 2.88. The number of rotatable bonds is 6. The second-order valence-electron chi connectivity index (χ2n) is 6.65. The van der Waals surface area contributed by atoms with Gasteiger partial charge in [-0.15, -0.1) is 0 Å². The Bertz CT molecular complexity index is 443. The number of amides is 1. The first kappa shape index (κ1) is 15.0. The van der Waals surface area contributed by atoms with Crippen molar-refractivity contribution in [3.63, 3.8) is 0 Å². The van der Waals surface area contributed by atoms with E-state index in [9.17, 15) is 4.79 Å². The predicted octanol–water partition coefficient (Wildman–Crippen LogP) is 2.28. The molecule has 110 valence electrons. The van der Waals surface area contributed by atoms with E-state index >= 15 is 0 Å². The fourth-order valence-corrected chi connectivity index (χ4v) is 2.88. The molecule has 3 nitrogen and oxygen atoms in total. The largest absolute Gasteiger partial charge is 0.355 e. The summed E-state index contributed by atoms with van der Waals surface area (Å²) in [6.45, 7) is 5.83. The van der Waals surface area contributed by atoms with Crippen LogP contribution in [0.3, 0.4) is 0 Å². The molecule has 0 saturated heterocycles. The third kappa shape index (κ3) is 3.83. The summed E-state index contributed by atoms with van der Waals surface area (Å²) in [6.07, 6.45) is 3.82. The normalized spacial score (nSPS) is 15.2. The number of benzene rings is 1. The topological polar surface area (TPSA) is 55.1 Å². The number of hydrogen-bond donors (Lipinski definition) is 2. The quantitative estimate of drug-likeness (QED) is 0.836. The van der Waals surface area contributed by atoms with Gasteiger partial charge in [-0.25, -0.2) is 0 Å². The molecule has 0 aliphatic heterocycles. The van der Waals surface area contributed by atoms with Crippen LogP contribution in [0.5, 0.6) is 0 Å². The van der Waals surface area contributed by atoms with Gasteiger partial charge in [0.1, 0.15) is 0 Å². The number of nitrogens with one attached hydrogen (secondary N) is 1. The van der Waals surface area contributed by atoms with E-state index in [1.165, 1.54) is 11.1 Å². The van der Waals surface area contributed by atoms with Gasteiger partial charge in [-0.1, -0.05) is 38.1 Å². The maximum atomic E-state index is 12.3. The molecular weight excluding hydrogens is 248 g/mol. The van der Waals surface area contributed by atoms with E-state index in [-0.39, 0.29) is 17.2 Å². The van der Waals surface area contributed by atoms with Crippen LogP contribution in [0.15, 0.2) is 24.3 Å². The summed E-state index contributed by atoms with van der Waals surface area (Å²) in [5.74, 6) is 0.305. The molecule has 0 saturated carbocycles. The van der Waals surface area contributed by atoms with Crippen molar-refractivity contribution in [1.82, 2.24) is 5.32 Å². The van der Waals surface area contributed by atoms with Crippen molar-refractivity contribution in [3.8, 4) is 0 Å². The molecule has 3 heteroatoms. The van der Waals surface area contributed by atoms with Crippen LogP contribution in [0, 0.1) is 11.3 Å². The summed E-state index contributed by atoms with van der Waals surface area (Å²) >= 11 is 0. The third-order valence-corrected chi connectivity index (χ3v) is 4.22. The molecule has 0 bridgehead atoms. The number of carbonyl (C=O) groups is 1. The zero-order valence-corrected chi connectivity index (χ0v) is 12.6. The third-order valence-electron chi connectivity index (χ3n) is 4.22. The van der Waals surface area contributed by atoms with Gasteiger partial charge in [-0.2, -0.15) is 0 Å². The molecule has 0 atom stereocenters. The molecule has 0 fully saturated rings. The Morgan fingerprint density at radius 2 is 1.90 bits per heavy atom. The van der Waals surface area contributed by atoms with Crippen LogP contribution in [0.1, 0.15) is 37.8 Å². The molecule has 0 aromatic heterocycles. The first-order valence-corrected chi connectivity index (χ1v) is 7.56. The molecule has 0 spiro atoms. The molecule has 0 radical (unpaired) electrons. The SMILES string of the molecule is CC(C)(CCCN)CNC(=O)C1Cc2ccccc2C1. The second kappa shape index (κ2) is 6.40. The van der Waals surface area contributed by atoms with E-state index < -0.39 is 0 Å². The van der Waals surface area contributed by atoms with Crippen LogP contribution in [0.2, 0.25) is 0 Å². The molecule has 3 N–H and O–H groups in total. The molecule has 0 heterocycles. The molecule has 20 heavy (non-hydrogen) atoms. The Kier molecular flexibility index (Phi) is 4.81. The molecule has 1 aromatic carbocycles. The van der Waals surface area contributed by atoms with Crippen LogP contribution >= 0.6 is 0 Å². The maximum Gasteiger partial charge on any atom is 0.223 e. The minimum absolute atomic E-state index is 0.109. The van der Waals surface area contributed by atoms with Gasteiger partial charge < -0.3 is 11.1 Å². The predicted molar refractivity (Wildman–Crippen MR) is 82.4 cm³/mol. The molecule has 2 rings (SSSR count). The molecular formula is C17H26N2O. The van der Waals surface area contributed by atoms with Crippen molar-refractivity contribution < 1.29 is 4.79 Å². The first-order valence-electron chi connectivity index (χ1n) is 7.56. The van der Waals surface area contributed by atoms with Crippen molar-refractivity contribution in [1.29, 1.82) is 0 Å². The lowest BCUT2D eigenvalue weighted by Crippen LogP contribution is -2.38. The minimum Gasteiger partial charge on any atom is -0.355 e. The van der Waals surface area contributed by atoms with Gasteiger partial charge in [0, 0.05) is 12.5 Å². The van der Waals surface area contributed by atoms with Crippen LogP contribution in [-0.4, -0.2) is 19.0 Å².